The highest BCUT2D eigenvalue weighted by atomic mass is 32.1. The van der Waals surface area contributed by atoms with Gasteiger partial charge in [-0.3, -0.25) is 9.59 Å². The Balaban J connectivity index is 1.79. The topological polar surface area (TPSA) is 55.4 Å². The average molecular weight is 388 g/mol. The van der Waals surface area contributed by atoms with Crippen molar-refractivity contribution < 1.29 is 14.3 Å². The van der Waals surface area contributed by atoms with Crippen LogP contribution in [0.25, 0.3) is 6.08 Å². The van der Waals surface area contributed by atoms with Crippen molar-refractivity contribution in [1.29, 1.82) is 0 Å². The maximum absolute atomic E-state index is 12.1. The molecule has 0 spiro atoms. The number of hydrogen-bond acceptors (Lipinski definition) is 5. The lowest BCUT2D eigenvalue weighted by molar-refractivity contribution is -0.120. The molecule has 1 aromatic carbocycles. The lowest BCUT2D eigenvalue weighted by atomic mass is 10.1. The molecular formula is C20H21NO3S2. The molecule has 0 radical (unpaired) electrons. The minimum absolute atomic E-state index is 0.0952. The second kappa shape index (κ2) is 9.99. The summed E-state index contributed by atoms with van der Waals surface area (Å²) in [6.07, 6.45) is 3.67. The molecule has 0 bridgehead atoms. The molecule has 0 fully saturated rings. The Morgan fingerprint density at radius 2 is 2.12 bits per heavy atom. The monoisotopic (exact) mass is 387 g/mol. The number of carbonyl (C=O) groups excluding carboxylic acids is 2. The zero-order chi connectivity index (χ0) is 18.9. The summed E-state index contributed by atoms with van der Waals surface area (Å²) >= 11 is 6.74. The Morgan fingerprint density at radius 1 is 1.31 bits per heavy atom. The molecule has 4 nitrogen and oxygen atoms in total. The van der Waals surface area contributed by atoms with Crippen molar-refractivity contribution in [2.75, 3.05) is 13.7 Å². The largest absolute Gasteiger partial charge is 0.496 e. The first-order valence-electron chi connectivity index (χ1n) is 8.14. The third-order valence-corrected chi connectivity index (χ3v) is 4.77. The highest BCUT2D eigenvalue weighted by Crippen LogP contribution is 2.21. The van der Waals surface area contributed by atoms with Gasteiger partial charge in [-0.15, -0.1) is 11.3 Å². The van der Waals surface area contributed by atoms with E-state index in [2.05, 4.69) is 5.32 Å². The number of allylic oxidation sites excluding steroid dienone is 1. The number of ether oxygens (including phenoxy) is 1. The highest BCUT2D eigenvalue weighted by Gasteiger charge is 2.08. The second-order valence-electron chi connectivity index (χ2n) is 5.79. The van der Waals surface area contributed by atoms with E-state index in [4.69, 9.17) is 17.0 Å². The summed E-state index contributed by atoms with van der Waals surface area (Å²) in [5.74, 6) is 0.518. The fourth-order valence-electron chi connectivity index (χ4n) is 2.29. The van der Waals surface area contributed by atoms with Crippen molar-refractivity contribution in [3.8, 4) is 5.75 Å². The maximum Gasteiger partial charge on any atom is 0.225 e. The Kier molecular flexibility index (Phi) is 7.69. The van der Waals surface area contributed by atoms with Crippen LogP contribution >= 0.6 is 23.6 Å². The smallest absolute Gasteiger partial charge is 0.225 e. The first-order valence-corrected chi connectivity index (χ1v) is 9.43. The summed E-state index contributed by atoms with van der Waals surface area (Å²) < 4.78 is 5.31. The Bertz CT molecular complexity index is 810. The Morgan fingerprint density at radius 3 is 2.81 bits per heavy atom. The molecular weight excluding hydrogens is 366 g/mol. The van der Waals surface area contributed by atoms with Gasteiger partial charge in [0, 0.05) is 28.3 Å². The van der Waals surface area contributed by atoms with E-state index in [0.717, 1.165) is 21.8 Å². The summed E-state index contributed by atoms with van der Waals surface area (Å²) in [5.41, 5.74) is 1.92. The van der Waals surface area contributed by atoms with E-state index in [0.29, 0.717) is 11.3 Å². The summed E-state index contributed by atoms with van der Waals surface area (Å²) in [4.78, 5) is 25.4. The van der Waals surface area contributed by atoms with E-state index in [1.807, 2.05) is 42.6 Å². The van der Waals surface area contributed by atoms with Gasteiger partial charge in [-0.05, 0) is 42.2 Å². The van der Waals surface area contributed by atoms with E-state index >= 15 is 0 Å². The Hall–Kier alpha value is -2.31. The summed E-state index contributed by atoms with van der Waals surface area (Å²) in [6.45, 7) is 2.21. The first-order chi connectivity index (χ1) is 12.5. The normalized spacial score (nSPS) is 10.7. The molecule has 1 aromatic heterocycles. The quantitative estimate of drug-likeness (QED) is 0.526. The summed E-state index contributed by atoms with van der Waals surface area (Å²) in [7, 11) is 1.60. The van der Waals surface area contributed by atoms with Crippen LogP contribution in [0.15, 0.2) is 41.8 Å². The van der Waals surface area contributed by atoms with Gasteiger partial charge < -0.3 is 10.1 Å². The number of rotatable bonds is 9. The molecule has 0 aliphatic heterocycles. The van der Waals surface area contributed by atoms with Crippen LogP contribution in [-0.2, 0) is 16.0 Å². The van der Waals surface area contributed by atoms with Crippen molar-refractivity contribution in [1.82, 2.24) is 5.32 Å². The number of thiophene rings is 1. The van der Waals surface area contributed by atoms with Crippen LogP contribution in [0.2, 0.25) is 0 Å². The molecule has 2 rings (SSSR count). The first kappa shape index (κ1) is 20.0. The van der Waals surface area contributed by atoms with Gasteiger partial charge in [-0.1, -0.05) is 30.4 Å². The SMILES string of the molecule is COc1cc(C)ccc1/C=C/C(=O)CC(=S)CNC(=O)Cc1cccs1. The molecule has 0 unspecified atom stereocenters. The minimum atomic E-state index is -0.106. The van der Waals surface area contributed by atoms with Crippen LogP contribution < -0.4 is 10.1 Å². The molecule has 136 valence electrons. The molecule has 1 amide bonds. The second-order valence-corrected chi connectivity index (χ2v) is 7.40. The third-order valence-electron chi connectivity index (χ3n) is 3.61. The zero-order valence-electron chi connectivity index (χ0n) is 14.8. The molecule has 0 atom stereocenters. The number of aryl methyl sites for hydroxylation is 1. The minimum Gasteiger partial charge on any atom is -0.496 e. The number of carbonyl (C=O) groups is 2. The lowest BCUT2D eigenvalue weighted by Gasteiger charge is -2.06. The van der Waals surface area contributed by atoms with E-state index < -0.39 is 0 Å². The number of nitrogens with one attached hydrogen (secondary N) is 1. The standard InChI is InChI=1S/C20H21NO3S2/c1-14-5-6-15(19(10-14)24-2)7-8-16(22)11-17(25)13-21-20(23)12-18-4-3-9-26-18/h3-10H,11-13H2,1-2H3,(H,21,23)/b8-7+. The van der Waals surface area contributed by atoms with E-state index in [9.17, 15) is 9.59 Å². The van der Waals surface area contributed by atoms with Crippen LogP contribution in [0.4, 0.5) is 0 Å². The molecule has 0 aliphatic rings. The van der Waals surface area contributed by atoms with Crippen molar-refractivity contribution in [3.63, 3.8) is 0 Å². The summed E-state index contributed by atoms with van der Waals surface area (Å²) in [5, 5.41) is 4.69. The van der Waals surface area contributed by atoms with Crippen LogP contribution in [0.5, 0.6) is 5.75 Å². The molecule has 0 saturated heterocycles. The number of ketones is 1. The highest BCUT2D eigenvalue weighted by molar-refractivity contribution is 7.80. The van der Waals surface area contributed by atoms with Crippen LogP contribution in [0, 0.1) is 6.92 Å². The number of hydrogen-bond donors (Lipinski definition) is 1. The molecule has 26 heavy (non-hydrogen) atoms. The predicted octanol–water partition coefficient (Wildman–Crippen LogP) is 3.77. The molecule has 0 aliphatic carbocycles. The van der Waals surface area contributed by atoms with E-state index in [1.165, 1.54) is 17.4 Å². The van der Waals surface area contributed by atoms with Crippen LogP contribution in [-0.4, -0.2) is 30.2 Å². The summed E-state index contributed by atoms with van der Waals surface area (Å²) in [6, 6.07) is 9.60. The lowest BCUT2D eigenvalue weighted by Crippen LogP contribution is -2.30. The fraction of sp³-hybridized carbons (Fsp3) is 0.250. The Labute approximate surface area is 162 Å². The van der Waals surface area contributed by atoms with Gasteiger partial charge >= 0.3 is 0 Å². The van der Waals surface area contributed by atoms with Crippen LogP contribution in [0.1, 0.15) is 22.4 Å². The molecule has 1 heterocycles. The van der Waals surface area contributed by atoms with Crippen molar-refractivity contribution >= 4 is 46.2 Å². The van der Waals surface area contributed by atoms with Gasteiger partial charge in [-0.25, -0.2) is 0 Å². The maximum atomic E-state index is 12.1. The van der Waals surface area contributed by atoms with Crippen molar-refractivity contribution in [2.24, 2.45) is 0 Å². The third kappa shape index (κ3) is 6.54. The van der Waals surface area contributed by atoms with Gasteiger partial charge in [0.1, 0.15) is 5.75 Å². The average Bonchev–Trinajstić information content (AvgIpc) is 3.11. The van der Waals surface area contributed by atoms with Crippen LogP contribution in [0.3, 0.4) is 0 Å². The number of benzene rings is 1. The molecule has 1 N–H and O–H groups in total. The molecule has 0 saturated carbocycles. The zero-order valence-corrected chi connectivity index (χ0v) is 16.4. The van der Waals surface area contributed by atoms with Gasteiger partial charge in [0.25, 0.3) is 0 Å². The van der Waals surface area contributed by atoms with E-state index in [1.54, 1.807) is 13.2 Å². The fourth-order valence-corrected chi connectivity index (χ4v) is 3.20. The van der Waals surface area contributed by atoms with Crippen molar-refractivity contribution in [3.05, 3.63) is 57.8 Å². The molecule has 6 heteroatoms. The van der Waals surface area contributed by atoms with Crippen molar-refractivity contribution in [2.45, 2.75) is 19.8 Å². The number of amides is 1. The number of thiocarbonyl (C=S) groups is 1. The van der Waals surface area contributed by atoms with Gasteiger partial charge in [0.05, 0.1) is 13.5 Å². The van der Waals surface area contributed by atoms with Gasteiger partial charge in [0.2, 0.25) is 5.91 Å². The number of methoxy groups -OCH3 is 1. The van der Waals surface area contributed by atoms with Gasteiger partial charge in [0.15, 0.2) is 5.78 Å². The van der Waals surface area contributed by atoms with E-state index in [-0.39, 0.29) is 24.7 Å². The molecule has 2 aromatic rings. The van der Waals surface area contributed by atoms with Gasteiger partial charge in [-0.2, -0.15) is 0 Å². The predicted molar refractivity (Wildman–Crippen MR) is 110 cm³/mol.